The molecule has 0 aliphatic carbocycles. The van der Waals surface area contributed by atoms with Crippen molar-refractivity contribution in [3.8, 4) is 0 Å². The number of nitrogens with one attached hydrogen (secondary N) is 1. The first-order valence-corrected chi connectivity index (χ1v) is 6.52. The Morgan fingerprint density at radius 3 is 2.29 bits per heavy atom. The molecular weight excluding hydrogens is 214 g/mol. The molecule has 0 spiro atoms. The average Bonchev–Trinajstić information content (AvgIpc) is 2.26. The van der Waals surface area contributed by atoms with E-state index >= 15 is 0 Å². The van der Waals surface area contributed by atoms with Crippen molar-refractivity contribution in [3.63, 3.8) is 0 Å². The first-order chi connectivity index (χ1) is 8.07. The number of hydrogen-bond donors (Lipinski definition) is 1. The molecule has 0 aliphatic heterocycles. The Morgan fingerprint density at radius 2 is 1.71 bits per heavy atom. The average molecular weight is 239 g/mol. The Kier molecular flexibility index (Phi) is 9.40. The Balaban J connectivity index is 3.62. The summed E-state index contributed by atoms with van der Waals surface area (Å²) in [6.07, 6.45) is 10.4. The zero-order valence-electron chi connectivity index (χ0n) is 11.3. The minimum absolute atomic E-state index is 0.0534. The highest BCUT2D eigenvalue weighted by molar-refractivity contribution is 5.95. The van der Waals surface area contributed by atoms with Crippen LogP contribution in [0.4, 0.5) is 0 Å². The molecule has 0 saturated heterocycles. The van der Waals surface area contributed by atoms with Crippen LogP contribution in [0, 0.1) is 5.41 Å². The summed E-state index contributed by atoms with van der Waals surface area (Å²) in [5.74, 6) is -0.453. The lowest BCUT2D eigenvalue weighted by Crippen LogP contribution is -2.09. The van der Waals surface area contributed by atoms with Crippen LogP contribution in [0.25, 0.3) is 0 Å². The number of hydrogen-bond acceptors (Lipinski definition) is 3. The Labute approximate surface area is 105 Å². The number of unbranched alkanes of at least 4 members (excludes halogenated alkanes) is 6. The largest absolute Gasteiger partial charge is 0.409 e. The van der Waals surface area contributed by atoms with Gasteiger partial charge in [0.25, 0.3) is 0 Å². The summed E-state index contributed by atoms with van der Waals surface area (Å²) in [6.45, 7) is 5.41. The van der Waals surface area contributed by atoms with Gasteiger partial charge in [-0.25, -0.2) is 4.79 Å². The Hall–Kier alpha value is -1.12. The first-order valence-electron chi connectivity index (χ1n) is 6.52. The SMILES string of the molecule is CCCCCCCC/C=C(\C)C(=O)OC(C)=N. The van der Waals surface area contributed by atoms with Gasteiger partial charge in [0.15, 0.2) is 5.90 Å². The highest BCUT2D eigenvalue weighted by atomic mass is 16.5. The third kappa shape index (κ3) is 9.79. The predicted molar refractivity (Wildman–Crippen MR) is 71.2 cm³/mol. The van der Waals surface area contributed by atoms with E-state index in [2.05, 4.69) is 6.92 Å². The van der Waals surface area contributed by atoms with Crippen molar-refractivity contribution in [2.45, 2.75) is 65.7 Å². The Bertz CT molecular complexity index is 269. The summed E-state index contributed by atoms with van der Waals surface area (Å²) in [7, 11) is 0. The van der Waals surface area contributed by atoms with E-state index in [0.29, 0.717) is 5.57 Å². The molecule has 0 rings (SSSR count). The van der Waals surface area contributed by atoms with Gasteiger partial charge >= 0.3 is 5.97 Å². The minimum atomic E-state index is -0.400. The smallest absolute Gasteiger partial charge is 0.339 e. The fourth-order valence-corrected chi connectivity index (χ4v) is 1.55. The lowest BCUT2D eigenvalue weighted by atomic mass is 10.1. The van der Waals surface area contributed by atoms with Crippen LogP contribution in [-0.2, 0) is 9.53 Å². The second-order valence-electron chi connectivity index (χ2n) is 4.39. The van der Waals surface area contributed by atoms with Crippen LogP contribution in [-0.4, -0.2) is 11.9 Å². The van der Waals surface area contributed by atoms with Crippen LogP contribution in [0.5, 0.6) is 0 Å². The lowest BCUT2D eigenvalue weighted by Gasteiger charge is -2.02. The summed E-state index contributed by atoms with van der Waals surface area (Å²) in [5.41, 5.74) is 0.602. The van der Waals surface area contributed by atoms with Gasteiger partial charge in [0.05, 0.1) is 0 Å². The summed E-state index contributed by atoms with van der Waals surface area (Å²) >= 11 is 0. The summed E-state index contributed by atoms with van der Waals surface area (Å²) in [5, 5.41) is 7.06. The van der Waals surface area contributed by atoms with Gasteiger partial charge in [-0.1, -0.05) is 45.1 Å². The molecule has 0 fully saturated rings. The predicted octanol–water partition coefficient (Wildman–Crippen LogP) is 4.22. The number of rotatable bonds is 8. The van der Waals surface area contributed by atoms with Crippen LogP contribution in [0.2, 0.25) is 0 Å². The Morgan fingerprint density at radius 1 is 1.12 bits per heavy atom. The summed E-state index contributed by atoms with van der Waals surface area (Å²) < 4.78 is 4.70. The molecule has 0 bridgehead atoms. The van der Waals surface area contributed by atoms with E-state index in [1.807, 2.05) is 6.08 Å². The maximum absolute atomic E-state index is 11.3. The second-order valence-corrected chi connectivity index (χ2v) is 4.39. The van der Waals surface area contributed by atoms with Crippen molar-refractivity contribution in [2.24, 2.45) is 0 Å². The molecule has 0 heterocycles. The number of ether oxygens (including phenoxy) is 1. The minimum Gasteiger partial charge on any atom is -0.409 e. The topological polar surface area (TPSA) is 50.2 Å². The van der Waals surface area contributed by atoms with Gasteiger partial charge in [-0.3, -0.25) is 5.41 Å². The number of esters is 1. The van der Waals surface area contributed by atoms with E-state index in [9.17, 15) is 4.79 Å². The van der Waals surface area contributed by atoms with Crippen molar-refractivity contribution in [2.75, 3.05) is 0 Å². The van der Waals surface area contributed by atoms with E-state index in [1.54, 1.807) is 6.92 Å². The number of carbonyl (C=O) groups is 1. The van der Waals surface area contributed by atoms with Crippen molar-refractivity contribution in [1.82, 2.24) is 0 Å². The van der Waals surface area contributed by atoms with E-state index in [1.165, 1.54) is 39.0 Å². The molecule has 0 unspecified atom stereocenters. The maximum Gasteiger partial charge on any atom is 0.339 e. The molecule has 3 heteroatoms. The van der Waals surface area contributed by atoms with E-state index in [0.717, 1.165) is 12.8 Å². The van der Waals surface area contributed by atoms with Crippen LogP contribution >= 0.6 is 0 Å². The number of carbonyl (C=O) groups excluding carboxylic acids is 1. The van der Waals surface area contributed by atoms with Crippen LogP contribution in [0.3, 0.4) is 0 Å². The first kappa shape index (κ1) is 15.9. The lowest BCUT2D eigenvalue weighted by molar-refractivity contribution is -0.131. The van der Waals surface area contributed by atoms with E-state index in [-0.39, 0.29) is 5.90 Å². The molecule has 0 radical (unpaired) electrons. The molecule has 3 nitrogen and oxygen atoms in total. The summed E-state index contributed by atoms with van der Waals surface area (Å²) in [6, 6.07) is 0. The summed E-state index contributed by atoms with van der Waals surface area (Å²) in [4.78, 5) is 11.3. The highest BCUT2D eigenvalue weighted by Gasteiger charge is 2.05. The molecule has 0 aromatic heterocycles. The zero-order valence-corrected chi connectivity index (χ0v) is 11.3. The maximum atomic E-state index is 11.3. The number of allylic oxidation sites excluding steroid dienone is 1. The van der Waals surface area contributed by atoms with E-state index in [4.69, 9.17) is 10.1 Å². The molecule has 0 saturated carbocycles. The standard InChI is InChI=1S/C14H25NO2/c1-4-5-6-7-8-9-10-11-12(2)14(16)17-13(3)15/h11,15H,4-10H2,1-3H3/b12-11+,15-13?. The van der Waals surface area contributed by atoms with Crippen molar-refractivity contribution in [1.29, 1.82) is 5.41 Å². The zero-order chi connectivity index (χ0) is 13.1. The van der Waals surface area contributed by atoms with Gasteiger partial charge in [-0.15, -0.1) is 0 Å². The van der Waals surface area contributed by atoms with Gasteiger partial charge in [0.2, 0.25) is 0 Å². The molecule has 98 valence electrons. The fraction of sp³-hybridized carbons (Fsp3) is 0.714. The molecule has 0 amide bonds. The highest BCUT2D eigenvalue weighted by Crippen LogP contribution is 2.09. The molecule has 0 atom stereocenters. The molecule has 0 aromatic carbocycles. The third-order valence-corrected chi connectivity index (χ3v) is 2.58. The van der Waals surface area contributed by atoms with Gasteiger partial charge in [0.1, 0.15) is 0 Å². The van der Waals surface area contributed by atoms with Gasteiger partial charge in [-0.2, -0.15) is 0 Å². The van der Waals surface area contributed by atoms with Gasteiger partial charge in [0, 0.05) is 12.5 Å². The molecule has 0 aromatic rings. The fourth-order valence-electron chi connectivity index (χ4n) is 1.55. The van der Waals surface area contributed by atoms with Crippen LogP contribution in [0.15, 0.2) is 11.6 Å². The molecule has 1 N–H and O–H groups in total. The van der Waals surface area contributed by atoms with Crippen molar-refractivity contribution in [3.05, 3.63) is 11.6 Å². The van der Waals surface area contributed by atoms with Crippen molar-refractivity contribution >= 4 is 11.9 Å². The molecule has 17 heavy (non-hydrogen) atoms. The second kappa shape index (κ2) is 10.1. The van der Waals surface area contributed by atoms with Crippen LogP contribution < -0.4 is 0 Å². The monoisotopic (exact) mass is 239 g/mol. The van der Waals surface area contributed by atoms with Gasteiger partial charge < -0.3 is 4.74 Å². The van der Waals surface area contributed by atoms with E-state index < -0.39 is 5.97 Å². The normalized spacial score (nSPS) is 11.4. The molecular formula is C14H25NO2. The van der Waals surface area contributed by atoms with Gasteiger partial charge in [-0.05, 0) is 19.8 Å². The molecule has 0 aliphatic rings. The van der Waals surface area contributed by atoms with Crippen LogP contribution in [0.1, 0.15) is 65.7 Å². The van der Waals surface area contributed by atoms with Crippen molar-refractivity contribution < 1.29 is 9.53 Å². The third-order valence-electron chi connectivity index (χ3n) is 2.58. The quantitative estimate of drug-likeness (QED) is 0.227.